The highest BCUT2D eigenvalue weighted by molar-refractivity contribution is 5.92. The summed E-state index contributed by atoms with van der Waals surface area (Å²) >= 11 is 0. The van der Waals surface area contributed by atoms with E-state index < -0.39 is 5.41 Å². The van der Waals surface area contributed by atoms with E-state index in [1.54, 1.807) is 13.1 Å². The third-order valence-corrected chi connectivity index (χ3v) is 4.92. The number of anilines is 2. The summed E-state index contributed by atoms with van der Waals surface area (Å²) in [6.07, 6.45) is 1.64. The molecule has 136 valence electrons. The third-order valence-electron chi connectivity index (χ3n) is 4.92. The van der Waals surface area contributed by atoms with Gasteiger partial charge in [0.2, 0.25) is 5.91 Å². The number of hydrogen-bond acceptors (Lipinski definition) is 6. The Bertz CT molecular complexity index is 1190. The average molecular weight is 366 g/mol. The summed E-state index contributed by atoms with van der Waals surface area (Å²) < 4.78 is 24.5. The van der Waals surface area contributed by atoms with Gasteiger partial charge in [0.1, 0.15) is 16.9 Å². The minimum Gasteiger partial charge on any atom is -0.423 e. The van der Waals surface area contributed by atoms with Gasteiger partial charge in [0.15, 0.2) is 11.2 Å². The molecule has 0 bridgehead atoms. The van der Waals surface area contributed by atoms with Crippen LogP contribution >= 0.6 is 0 Å². The number of rotatable bonds is 4. The molecule has 1 saturated carbocycles. The van der Waals surface area contributed by atoms with Crippen LogP contribution in [0.5, 0.6) is 0 Å². The van der Waals surface area contributed by atoms with Gasteiger partial charge in [-0.15, -0.1) is 0 Å². The summed E-state index contributed by atoms with van der Waals surface area (Å²) in [5.41, 5.74) is 2.53. The second kappa shape index (κ2) is 5.54. The van der Waals surface area contributed by atoms with Gasteiger partial charge in [-0.05, 0) is 42.7 Å². The topological polar surface area (TPSA) is 93.2 Å². The molecule has 1 fully saturated rings. The molecule has 4 aromatic rings. The average Bonchev–Trinajstić information content (AvgIpc) is 3.23. The number of halogens is 1. The van der Waals surface area contributed by atoms with Crippen LogP contribution in [0.2, 0.25) is 0 Å². The van der Waals surface area contributed by atoms with E-state index in [1.165, 1.54) is 18.2 Å². The van der Waals surface area contributed by atoms with Gasteiger partial charge in [0.05, 0.1) is 5.41 Å². The van der Waals surface area contributed by atoms with Crippen LogP contribution in [0.3, 0.4) is 0 Å². The van der Waals surface area contributed by atoms with Gasteiger partial charge in [-0.25, -0.2) is 4.39 Å². The van der Waals surface area contributed by atoms with Crippen molar-refractivity contribution in [1.29, 1.82) is 0 Å². The number of fused-ring (bicyclic) bond motifs is 2. The van der Waals surface area contributed by atoms with Crippen LogP contribution in [0.1, 0.15) is 18.4 Å². The third kappa shape index (κ3) is 2.52. The van der Waals surface area contributed by atoms with E-state index in [1.807, 2.05) is 12.1 Å². The lowest BCUT2D eigenvalue weighted by atomic mass is 9.95. The number of oxazole rings is 2. The van der Waals surface area contributed by atoms with Crippen molar-refractivity contribution in [3.63, 3.8) is 0 Å². The van der Waals surface area contributed by atoms with Crippen molar-refractivity contribution in [2.45, 2.75) is 18.3 Å². The zero-order valence-corrected chi connectivity index (χ0v) is 14.4. The molecule has 1 aliphatic rings. The fourth-order valence-electron chi connectivity index (χ4n) is 3.34. The number of nitrogens with one attached hydrogen (secondary N) is 2. The highest BCUT2D eigenvalue weighted by atomic mass is 19.1. The Labute approximate surface area is 152 Å². The molecule has 0 radical (unpaired) electrons. The van der Waals surface area contributed by atoms with E-state index in [0.717, 1.165) is 18.4 Å². The molecule has 8 heteroatoms. The van der Waals surface area contributed by atoms with E-state index in [4.69, 9.17) is 8.83 Å². The molecule has 1 amide bonds. The van der Waals surface area contributed by atoms with Crippen LogP contribution < -0.4 is 10.6 Å². The van der Waals surface area contributed by atoms with Crippen LogP contribution in [-0.4, -0.2) is 22.9 Å². The fourth-order valence-corrected chi connectivity index (χ4v) is 3.34. The van der Waals surface area contributed by atoms with E-state index in [-0.39, 0.29) is 23.8 Å². The molecule has 0 unspecified atom stereocenters. The summed E-state index contributed by atoms with van der Waals surface area (Å²) in [5.74, 6) is -0.371. The first-order valence-corrected chi connectivity index (χ1v) is 8.54. The SMILES string of the molecule is CNC(=O)C1(c2ccc3oc(Nc4nc5cc(F)ccc5o4)nc3c2)CC1. The lowest BCUT2D eigenvalue weighted by Gasteiger charge is -2.13. The largest absolute Gasteiger partial charge is 0.423 e. The van der Waals surface area contributed by atoms with Crippen LogP contribution in [0.15, 0.2) is 45.2 Å². The van der Waals surface area contributed by atoms with Gasteiger partial charge in [-0.1, -0.05) is 6.07 Å². The highest BCUT2D eigenvalue weighted by Crippen LogP contribution is 2.49. The van der Waals surface area contributed by atoms with E-state index in [9.17, 15) is 9.18 Å². The molecule has 0 saturated heterocycles. The molecule has 1 aliphatic carbocycles. The zero-order chi connectivity index (χ0) is 18.6. The van der Waals surface area contributed by atoms with Crippen LogP contribution in [-0.2, 0) is 10.2 Å². The predicted octanol–water partition coefficient (Wildman–Crippen LogP) is 3.63. The quantitative estimate of drug-likeness (QED) is 0.573. The first-order valence-electron chi connectivity index (χ1n) is 8.54. The van der Waals surface area contributed by atoms with Crippen molar-refractivity contribution in [1.82, 2.24) is 15.3 Å². The van der Waals surface area contributed by atoms with Crippen LogP contribution in [0.4, 0.5) is 16.4 Å². The lowest BCUT2D eigenvalue weighted by molar-refractivity contribution is -0.123. The molecule has 5 rings (SSSR count). The molecule has 0 spiro atoms. The van der Waals surface area contributed by atoms with E-state index in [2.05, 4.69) is 20.6 Å². The van der Waals surface area contributed by atoms with Gasteiger partial charge in [0, 0.05) is 13.1 Å². The number of amides is 1. The fraction of sp³-hybridized carbons (Fsp3) is 0.211. The number of carbonyl (C=O) groups is 1. The molecule has 7 nitrogen and oxygen atoms in total. The Morgan fingerprint density at radius 3 is 2.30 bits per heavy atom. The highest BCUT2D eigenvalue weighted by Gasteiger charge is 2.50. The van der Waals surface area contributed by atoms with E-state index in [0.29, 0.717) is 22.2 Å². The minimum atomic E-state index is -0.458. The smallest absolute Gasteiger partial charge is 0.303 e. The summed E-state index contributed by atoms with van der Waals surface area (Å²) in [4.78, 5) is 20.7. The summed E-state index contributed by atoms with van der Waals surface area (Å²) in [5, 5.41) is 5.58. The Morgan fingerprint density at radius 2 is 1.67 bits per heavy atom. The van der Waals surface area contributed by atoms with E-state index >= 15 is 0 Å². The molecule has 0 aliphatic heterocycles. The molecule has 2 heterocycles. The second-order valence-corrected chi connectivity index (χ2v) is 6.62. The Hall–Kier alpha value is -3.42. The summed E-state index contributed by atoms with van der Waals surface area (Å²) in [6, 6.07) is 10.0. The normalized spacial score (nSPS) is 15.2. The number of nitrogens with zero attached hydrogens (tertiary/aromatic N) is 2. The first kappa shape index (κ1) is 15.8. The second-order valence-electron chi connectivity index (χ2n) is 6.62. The van der Waals surface area contributed by atoms with Crippen molar-refractivity contribution in [2.75, 3.05) is 12.4 Å². The van der Waals surface area contributed by atoms with Crippen LogP contribution in [0.25, 0.3) is 22.2 Å². The summed E-state index contributed by atoms with van der Waals surface area (Å²) in [6.45, 7) is 0. The Kier molecular flexibility index (Phi) is 3.24. The summed E-state index contributed by atoms with van der Waals surface area (Å²) in [7, 11) is 1.64. The Balaban J connectivity index is 1.46. The zero-order valence-electron chi connectivity index (χ0n) is 14.4. The Morgan fingerprint density at radius 1 is 1.04 bits per heavy atom. The van der Waals surface area contributed by atoms with Gasteiger partial charge in [-0.2, -0.15) is 9.97 Å². The maximum atomic E-state index is 13.3. The van der Waals surface area contributed by atoms with Gasteiger partial charge < -0.3 is 14.2 Å². The van der Waals surface area contributed by atoms with Crippen LogP contribution in [0, 0.1) is 5.82 Å². The molecule has 2 aromatic heterocycles. The lowest BCUT2D eigenvalue weighted by Crippen LogP contribution is -2.31. The van der Waals surface area contributed by atoms with Crippen molar-refractivity contribution < 1.29 is 18.0 Å². The number of benzene rings is 2. The van der Waals surface area contributed by atoms with Gasteiger partial charge >= 0.3 is 12.0 Å². The standard InChI is InChI=1S/C19H15FN4O3/c1-21-16(25)19(6-7-19)10-2-4-14-12(8-10)22-17(26-14)24-18-23-13-9-11(20)3-5-15(13)27-18/h2-5,8-9H,6-7H2,1H3,(H,21,25)(H,22,23,24). The predicted molar refractivity (Wildman–Crippen MR) is 96.2 cm³/mol. The van der Waals surface area contributed by atoms with Gasteiger partial charge in [-0.3, -0.25) is 10.1 Å². The van der Waals surface area contributed by atoms with Gasteiger partial charge in [0.25, 0.3) is 0 Å². The first-order chi connectivity index (χ1) is 13.1. The minimum absolute atomic E-state index is 0.0161. The molecule has 2 N–H and O–H groups in total. The maximum Gasteiger partial charge on any atom is 0.303 e. The molecular formula is C19H15FN4O3. The number of carbonyl (C=O) groups excluding carboxylic acids is 1. The van der Waals surface area contributed by atoms with Crippen molar-refractivity contribution in [3.8, 4) is 0 Å². The van der Waals surface area contributed by atoms with Crippen molar-refractivity contribution in [3.05, 3.63) is 47.8 Å². The maximum absolute atomic E-state index is 13.3. The molecule has 2 aromatic carbocycles. The number of likely N-dealkylation sites (N-methyl/N-ethyl adjacent to an activating group) is 1. The van der Waals surface area contributed by atoms with Crippen molar-refractivity contribution >= 4 is 40.1 Å². The monoisotopic (exact) mass is 366 g/mol. The molecule has 0 atom stereocenters. The number of hydrogen-bond donors (Lipinski definition) is 2. The molecule has 27 heavy (non-hydrogen) atoms. The molecular weight excluding hydrogens is 351 g/mol. The number of aromatic nitrogens is 2. The van der Waals surface area contributed by atoms with Crippen molar-refractivity contribution in [2.24, 2.45) is 0 Å².